The Morgan fingerprint density at radius 3 is 1.91 bits per heavy atom. The molecule has 0 saturated carbocycles. The van der Waals surface area contributed by atoms with Crippen molar-refractivity contribution in [3.05, 3.63) is 193 Å². The topological polar surface area (TPSA) is 6.48 Å². The maximum atomic E-state index is 2.46. The summed E-state index contributed by atoms with van der Waals surface area (Å²) >= 11 is 0. The molecule has 0 saturated heterocycles. The van der Waals surface area contributed by atoms with Gasteiger partial charge in [0.1, 0.15) is 0 Å². The van der Waals surface area contributed by atoms with E-state index >= 15 is 0 Å². The summed E-state index contributed by atoms with van der Waals surface area (Å²) in [6.45, 7) is 4.72. The van der Waals surface area contributed by atoms with Crippen molar-refractivity contribution in [3.63, 3.8) is 0 Å². The summed E-state index contributed by atoms with van der Waals surface area (Å²) in [6.07, 6.45) is 0. The van der Waals surface area contributed by atoms with Gasteiger partial charge >= 0.3 is 0 Å². The second kappa shape index (κ2) is 11.2. The highest BCUT2D eigenvalue weighted by Gasteiger charge is 2.36. The minimum atomic E-state index is -0.0979. The first-order valence-corrected chi connectivity index (χ1v) is 18.5. The van der Waals surface area contributed by atoms with E-state index in [4.69, 9.17) is 0 Å². The summed E-state index contributed by atoms with van der Waals surface area (Å²) in [5.74, 6) is 0. The number of hydrogen-bond acceptors (Lipinski definition) is 2. The molecule has 53 heavy (non-hydrogen) atoms. The zero-order valence-electron chi connectivity index (χ0n) is 29.7. The molecule has 1 heterocycles. The molecule has 0 radical (unpaired) electrons. The van der Waals surface area contributed by atoms with E-state index in [9.17, 15) is 0 Å². The van der Waals surface area contributed by atoms with Crippen molar-refractivity contribution in [1.29, 1.82) is 0 Å². The SMILES string of the molecule is CC1(C)c2ccccc2-c2ccc(N(c3ccc(N4c5ccc6ccccc6c5-c5cccc6cccc4c56)cc3)c3cccc4ccccc34)cc21. The van der Waals surface area contributed by atoms with Gasteiger partial charge in [0.25, 0.3) is 0 Å². The number of fused-ring (bicyclic) bond motifs is 8. The smallest absolute Gasteiger partial charge is 0.0547 e. The van der Waals surface area contributed by atoms with Gasteiger partial charge in [-0.05, 0) is 104 Å². The second-order valence-corrected chi connectivity index (χ2v) is 14.9. The Kier molecular flexibility index (Phi) is 6.33. The van der Waals surface area contributed by atoms with E-state index in [1.807, 2.05) is 0 Å². The van der Waals surface area contributed by atoms with Crippen LogP contribution in [0.2, 0.25) is 0 Å². The van der Waals surface area contributed by atoms with E-state index in [1.54, 1.807) is 0 Å². The van der Waals surface area contributed by atoms with Gasteiger partial charge in [-0.1, -0.05) is 141 Å². The number of nitrogens with zero attached hydrogens (tertiary/aromatic N) is 2. The highest BCUT2D eigenvalue weighted by molar-refractivity contribution is 6.19. The third kappa shape index (κ3) is 4.33. The fraction of sp³-hybridized carbons (Fsp3) is 0.0588. The normalized spacial score (nSPS) is 13.6. The van der Waals surface area contributed by atoms with Crippen LogP contribution in [0.15, 0.2) is 182 Å². The third-order valence-corrected chi connectivity index (χ3v) is 11.7. The van der Waals surface area contributed by atoms with Crippen LogP contribution in [-0.4, -0.2) is 0 Å². The Hall–Kier alpha value is -6.64. The van der Waals surface area contributed by atoms with Crippen molar-refractivity contribution in [1.82, 2.24) is 0 Å². The van der Waals surface area contributed by atoms with Crippen LogP contribution in [0.25, 0.3) is 54.6 Å². The van der Waals surface area contributed by atoms with Gasteiger partial charge in [-0.15, -0.1) is 0 Å². The molecule has 0 unspecified atom stereocenters. The van der Waals surface area contributed by atoms with Crippen LogP contribution < -0.4 is 9.80 Å². The first kappa shape index (κ1) is 30.0. The molecular weight excluding hydrogens is 641 g/mol. The van der Waals surface area contributed by atoms with Crippen molar-refractivity contribution >= 4 is 66.4 Å². The Morgan fingerprint density at radius 2 is 1.06 bits per heavy atom. The molecule has 9 aromatic carbocycles. The lowest BCUT2D eigenvalue weighted by Gasteiger charge is -2.35. The van der Waals surface area contributed by atoms with Crippen LogP contribution in [0.1, 0.15) is 25.0 Å². The Labute approximate surface area is 309 Å². The first-order chi connectivity index (χ1) is 26.1. The molecule has 1 aliphatic carbocycles. The van der Waals surface area contributed by atoms with Gasteiger partial charge in [-0.2, -0.15) is 0 Å². The molecule has 11 rings (SSSR count). The Balaban J connectivity index is 1.10. The maximum Gasteiger partial charge on any atom is 0.0547 e. The maximum absolute atomic E-state index is 2.46. The minimum Gasteiger partial charge on any atom is -0.310 e. The van der Waals surface area contributed by atoms with Crippen molar-refractivity contribution in [2.24, 2.45) is 0 Å². The molecule has 250 valence electrons. The zero-order chi connectivity index (χ0) is 35.3. The second-order valence-electron chi connectivity index (χ2n) is 14.9. The van der Waals surface area contributed by atoms with E-state index < -0.39 is 0 Å². The lowest BCUT2D eigenvalue weighted by molar-refractivity contribution is 0.660. The molecule has 0 bridgehead atoms. The largest absolute Gasteiger partial charge is 0.310 e. The van der Waals surface area contributed by atoms with Crippen LogP contribution in [0.4, 0.5) is 34.1 Å². The van der Waals surface area contributed by atoms with E-state index in [0.717, 1.165) is 22.7 Å². The lowest BCUT2D eigenvalue weighted by atomic mass is 9.82. The summed E-state index contributed by atoms with van der Waals surface area (Å²) in [5.41, 5.74) is 14.9. The quantitative estimate of drug-likeness (QED) is 0.183. The standard InChI is InChI=1S/C51H36N2/c1-51(2)44-21-8-7-19-41(44)42-30-29-38(32-45(42)51)52(46-22-10-14-33-12-3-5-17-39(33)46)36-25-27-37(28-26-36)53-47-23-11-16-35-15-9-20-43(49(35)47)50-40-18-6-4-13-34(40)24-31-48(50)53/h3-32H,1-2H3. The average Bonchev–Trinajstić information content (AvgIpc) is 3.44. The van der Waals surface area contributed by atoms with Crippen LogP contribution in [0.5, 0.6) is 0 Å². The summed E-state index contributed by atoms with van der Waals surface area (Å²) < 4.78 is 0. The molecule has 2 heteroatoms. The van der Waals surface area contributed by atoms with Crippen LogP contribution >= 0.6 is 0 Å². The summed E-state index contributed by atoms with van der Waals surface area (Å²) in [6, 6.07) is 67.2. The summed E-state index contributed by atoms with van der Waals surface area (Å²) in [5, 5.41) is 7.53. The predicted octanol–water partition coefficient (Wildman–Crippen LogP) is 14.4. The zero-order valence-corrected chi connectivity index (χ0v) is 29.7. The lowest BCUT2D eigenvalue weighted by Crippen LogP contribution is -2.17. The molecule has 2 nitrogen and oxygen atoms in total. The van der Waals surface area contributed by atoms with Gasteiger partial charge in [-0.25, -0.2) is 0 Å². The van der Waals surface area contributed by atoms with Crippen molar-refractivity contribution in [2.75, 3.05) is 9.80 Å². The average molecular weight is 677 g/mol. The predicted molar refractivity (Wildman–Crippen MR) is 225 cm³/mol. The molecule has 0 atom stereocenters. The van der Waals surface area contributed by atoms with Gasteiger partial charge in [-0.3, -0.25) is 0 Å². The van der Waals surface area contributed by atoms with Crippen molar-refractivity contribution in [3.8, 4) is 22.3 Å². The highest BCUT2D eigenvalue weighted by Crippen LogP contribution is 2.54. The summed E-state index contributed by atoms with van der Waals surface area (Å²) in [4.78, 5) is 4.90. The minimum absolute atomic E-state index is 0.0979. The van der Waals surface area contributed by atoms with E-state index in [-0.39, 0.29) is 5.41 Å². The van der Waals surface area contributed by atoms with Crippen molar-refractivity contribution < 1.29 is 0 Å². The number of benzene rings is 9. The fourth-order valence-corrected chi connectivity index (χ4v) is 9.27. The molecule has 2 aliphatic rings. The molecule has 0 spiro atoms. The monoisotopic (exact) mass is 676 g/mol. The third-order valence-electron chi connectivity index (χ3n) is 11.7. The molecule has 0 N–H and O–H groups in total. The molecule has 1 aliphatic heterocycles. The Bertz CT molecular complexity index is 2920. The fourth-order valence-electron chi connectivity index (χ4n) is 9.27. The number of anilines is 6. The molecule has 0 amide bonds. The van der Waals surface area contributed by atoms with Gasteiger partial charge in [0.15, 0.2) is 0 Å². The van der Waals surface area contributed by atoms with E-state index in [1.165, 1.54) is 77.1 Å². The van der Waals surface area contributed by atoms with E-state index in [0.29, 0.717) is 0 Å². The van der Waals surface area contributed by atoms with Gasteiger partial charge in [0.05, 0.1) is 17.1 Å². The molecular formula is C51H36N2. The number of hydrogen-bond donors (Lipinski definition) is 0. The van der Waals surface area contributed by atoms with Gasteiger partial charge < -0.3 is 9.80 Å². The molecule has 0 aromatic heterocycles. The van der Waals surface area contributed by atoms with E-state index in [2.05, 4.69) is 206 Å². The van der Waals surface area contributed by atoms with Gasteiger partial charge in [0.2, 0.25) is 0 Å². The first-order valence-electron chi connectivity index (χ1n) is 18.5. The van der Waals surface area contributed by atoms with Crippen molar-refractivity contribution in [2.45, 2.75) is 19.3 Å². The summed E-state index contributed by atoms with van der Waals surface area (Å²) in [7, 11) is 0. The molecule has 0 fully saturated rings. The number of rotatable bonds is 4. The highest BCUT2D eigenvalue weighted by atomic mass is 15.2. The molecule has 9 aromatic rings. The van der Waals surface area contributed by atoms with Crippen LogP contribution in [0.3, 0.4) is 0 Å². The van der Waals surface area contributed by atoms with Crippen LogP contribution in [0, 0.1) is 0 Å². The Morgan fingerprint density at radius 1 is 0.434 bits per heavy atom. The van der Waals surface area contributed by atoms with Crippen LogP contribution in [-0.2, 0) is 5.41 Å². The van der Waals surface area contributed by atoms with Gasteiger partial charge in [0, 0.05) is 38.8 Å².